The smallest absolute Gasteiger partial charge is 0.325 e. The van der Waals surface area contributed by atoms with Crippen LogP contribution in [-0.4, -0.2) is 23.9 Å². The Hall–Kier alpha value is -3.41. The van der Waals surface area contributed by atoms with Gasteiger partial charge in [0.2, 0.25) is 0 Å². The van der Waals surface area contributed by atoms with Crippen LogP contribution in [0.2, 0.25) is 0 Å². The molecule has 1 atom stereocenters. The zero-order valence-corrected chi connectivity index (χ0v) is 15.5. The van der Waals surface area contributed by atoms with Gasteiger partial charge in [0, 0.05) is 5.56 Å². The molecule has 142 valence electrons. The molecule has 1 N–H and O–H groups in total. The lowest BCUT2D eigenvalue weighted by Gasteiger charge is -2.23. The Bertz CT molecular complexity index is 1100. The van der Waals surface area contributed by atoms with Crippen molar-refractivity contribution in [2.45, 2.75) is 19.0 Å². The molecule has 3 aromatic rings. The third-order valence-electron chi connectivity index (χ3n) is 5.17. The summed E-state index contributed by atoms with van der Waals surface area (Å²) in [7, 11) is 1.46. The zero-order valence-electron chi connectivity index (χ0n) is 15.5. The van der Waals surface area contributed by atoms with Gasteiger partial charge in [-0.05, 0) is 47.5 Å². The van der Waals surface area contributed by atoms with Gasteiger partial charge in [0.05, 0.1) is 13.7 Å². The molecular formula is C22H19FN2O3. The molecule has 0 aliphatic carbocycles. The van der Waals surface area contributed by atoms with Crippen LogP contribution in [0.5, 0.6) is 5.75 Å². The van der Waals surface area contributed by atoms with E-state index in [1.54, 1.807) is 6.92 Å². The van der Waals surface area contributed by atoms with Crippen LogP contribution in [0.1, 0.15) is 18.1 Å². The van der Waals surface area contributed by atoms with Crippen LogP contribution in [0.3, 0.4) is 0 Å². The quantitative estimate of drug-likeness (QED) is 0.700. The number of nitrogens with one attached hydrogen (secondary N) is 1. The molecule has 1 fully saturated rings. The lowest BCUT2D eigenvalue weighted by Crippen LogP contribution is -2.40. The molecule has 3 aromatic carbocycles. The molecule has 6 heteroatoms. The Labute approximate surface area is 161 Å². The molecule has 4 rings (SSSR count). The molecule has 28 heavy (non-hydrogen) atoms. The summed E-state index contributed by atoms with van der Waals surface area (Å²) in [5.41, 5.74) is -0.0752. The van der Waals surface area contributed by atoms with Crippen molar-refractivity contribution >= 4 is 22.7 Å². The van der Waals surface area contributed by atoms with E-state index in [4.69, 9.17) is 4.74 Å². The number of amides is 3. The van der Waals surface area contributed by atoms with Gasteiger partial charge in [-0.2, -0.15) is 0 Å². The first-order valence-electron chi connectivity index (χ1n) is 8.88. The molecule has 0 spiro atoms. The number of benzene rings is 3. The van der Waals surface area contributed by atoms with Crippen LogP contribution < -0.4 is 10.1 Å². The summed E-state index contributed by atoms with van der Waals surface area (Å²) in [6.07, 6.45) is 0. The highest BCUT2D eigenvalue weighted by molar-refractivity contribution is 6.07. The van der Waals surface area contributed by atoms with Crippen LogP contribution in [-0.2, 0) is 16.9 Å². The number of fused-ring (bicyclic) bond motifs is 1. The summed E-state index contributed by atoms with van der Waals surface area (Å²) < 4.78 is 18.9. The molecule has 0 radical (unpaired) electrons. The lowest BCUT2D eigenvalue weighted by molar-refractivity contribution is -0.131. The van der Waals surface area contributed by atoms with E-state index >= 15 is 0 Å². The van der Waals surface area contributed by atoms with Gasteiger partial charge < -0.3 is 10.1 Å². The van der Waals surface area contributed by atoms with Crippen molar-refractivity contribution in [1.82, 2.24) is 10.2 Å². The second-order valence-electron chi connectivity index (χ2n) is 6.96. The first-order valence-corrected chi connectivity index (χ1v) is 8.88. The van der Waals surface area contributed by atoms with Gasteiger partial charge in [0.15, 0.2) is 0 Å². The van der Waals surface area contributed by atoms with Gasteiger partial charge in [0.25, 0.3) is 5.91 Å². The molecule has 3 amide bonds. The number of urea groups is 1. The summed E-state index contributed by atoms with van der Waals surface area (Å²) >= 11 is 0. The number of hydrogen-bond donors (Lipinski definition) is 1. The number of halogens is 1. The average Bonchev–Trinajstić information content (AvgIpc) is 2.92. The molecule has 1 saturated heterocycles. The summed E-state index contributed by atoms with van der Waals surface area (Å²) in [4.78, 5) is 26.8. The fourth-order valence-corrected chi connectivity index (χ4v) is 3.58. The highest BCUT2D eigenvalue weighted by Crippen LogP contribution is 2.33. The third-order valence-corrected chi connectivity index (χ3v) is 5.17. The second kappa shape index (κ2) is 6.64. The molecule has 0 bridgehead atoms. The topological polar surface area (TPSA) is 58.6 Å². The van der Waals surface area contributed by atoms with Crippen molar-refractivity contribution in [2.24, 2.45) is 0 Å². The van der Waals surface area contributed by atoms with Crippen molar-refractivity contribution in [3.8, 4) is 5.75 Å². The Morgan fingerprint density at radius 1 is 1.04 bits per heavy atom. The number of imide groups is 1. The average molecular weight is 378 g/mol. The second-order valence-corrected chi connectivity index (χ2v) is 6.96. The summed E-state index contributed by atoms with van der Waals surface area (Å²) in [5, 5.41) is 4.82. The Morgan fingerprint density at radius 3 is 2.54 bits per heavy atom. The van der Waals surface area contributed by atoms with Crippen molar-refractivity contribution < 1.29 is 18.7 Å². The standard InChI is InChI=1S/C22H19FN2O3/c1-22(17-8-7-14-5-3-4-6-15(14)11-17)20(26)25(21(27)24-22)13-16-12-18(23)9-10-19(16)28-2/h3-12H,13H2,1-2H3,(H,24,27). The van der Waals surface area contributed by atoms with E-state index in [0.717, 1.165) is 15.7 Å². The van der Waals surface area contributed by atoms with E-state index in [0.29, 0.717) is 16.9 Å². The Balaban J connectivity index is 1.69. The monoisotopic (exact) mass is 378 g/mol. The molecule has 1 heterocycles. The van der Waals surface area contributed by atoms with Gasteiger partial charge >= 0.3 is 6.03 Å². The molecule has 0 aromatic heterocycles. The van der Waals surface area contributed by atoms with Gasteiger partial charge in [-0.15, -0.1) is 0 Å². The van der Waals surface area contributed by atoms with E-state index in [-0.39, 0.29) is 12.5 Å². The van der Waals surface area contributed by atoms with E-state index in [2.05, 4.69) is 5.32 Å². The number of nitrogens with zero attached hydrogens (tertiary/aromatic N) is 1. The fourth-order valence-electron chi connectivity index (χ4n) is 3.58. The minimum atomic E-state index is -1.19. The van der Waals surface area contributed by atoms with Crippen molar-refractivity contribution in [3.05, 3.63) is 77.6 Å². The number of carbonyl (C=O) groups is 2. The maximum absolute atomic E-state index is 13.7. The number of methoxy groups -OCH3 is 1. The molecule has 5 nitrogen and oxygen atoms in total. The van der Waals surface area contributed by atoms with Crippen LogP contribution >= 0.6 is 0 Å². The number of hydrogen-bond acceptors (Lipinski definition) is 3. The molecule has 1 aliphatic heterocycles. The van der Waals surface area contributed by atoms with Crippen LogP contribution in [0.25, 0.3) is 10.8 Å². The normalized spacial score (nSPS) is 19.2. The first kappa shape index (κ1) is 18.0. The molecule has 0 saturated carbocycles. The van der Waals surface area contributed by atoms with E-state index in [1.165, 1.54) is 25.3 Å². The van der Waals surface area contributed by atoms with Crippen LogP contribution in [0, 0.1) is 5.82 Å². The molecular weight excluding hydrogens is 359 g/mol. The predicted octanol–water partition coefficient (Wildman–Crippen LogP) is 3.95. The lowest BCUT2D eigenvalue weighted by atomic mass is 9.90. The zero-order chi connectivity index (χ0) is 19.9. The van der Waals surface area contributed by atoms with Crippen LogP contribution in [0.4, 0.5) is 9.18 Å². The van der Waals surface area contributed by atoms with Crippen LogP contribution in [0.15, 0.2) is 60.7 Å². The minimum Gasteiger partial charge on any atom is -0.496 e. The Kier molecular flexibility index (Phi) is 4.26. The summed E-state index contributed by atoms with van der Waals surface area (Å²) in [6, 6.07) is 17.0. The van der Waals surface area contributed by atoms with Gasteiger partial charge in [-0.25, -0.2) is 9.18 Å². The SMILES string of the molecule is COc1ccc(F)cc1CN1C(=O)NC(C)(c2ccc3ccccc3c2)C1=O. The molecule has 1 unspecified atom stereocenters. The summed E-state index contributed by atoms with van der Waals surface area (Å²) in [5.74, 6) is -0.430. The largest absolute Gasteiger partial charge is 0.496 e. The third kappa shape index (κ3) is 2.87. The predicted molar refractivity (Wildman–Crippen MR) is 103 cm³/mol. The van der Waals surface area contributed by atoms with Gasteiger partial charge in [-0.1, -0.05) is 36.4 Å². The number of ether oxygens (including phenoxy) is 1. The first-order chi connectivity index (χ1) is 13.4. The van der Waals surface area contributed by atoms with Gasteiger partial charge in [0.1, 0.15) is 17.1 Å². The molecule has 1 aliphatic rings. The maximum atomic E-state index is 13.7. The van der Waals surface area contributed by atoms with E-state index in [1.807, 2.05) is 42.5 Å². The maximum Gasteiger partial charge on any atom is 0.325 e. The highest BCUT2D eigenvalue weighted by atomic mass is 19.1. The fraction of sp³-hybridized carbons (Fsp3) is 0.182. The number of rotatable bonds is 4. The minimum absolute atomic E-state index is 0.0746. The van der Waals surface area contributed by atoms with Gasteiger partial charge in [-0.3, -0.25) is 9.69 Å². The van der Waals surface area contributed by atoms with E-state index < -0.39 is 17.4 Å². The summed E-state index contributed by atoms with van der Waals surface area (Å²) in [6.45, 7) is 1.61. The highest BCUT2D eigenvalue weighted by Gasteiger charge is 2.49. The Morgan fingerprint density at radius 2 is 1.79 bits per heavy atom. The van der Waals surface area contributed by atoms with Crippen molar-refractivity contribution in [3.63, 3.8) is 0 Å². The van der Waals surface area contributed by atoms with E-state index in [9.17, 15) is 14.0 Å². The number of carbonyl (C=O) groups excluding carboxylic acids is 2. The van der Waals surface area contributed by atoms with Crippen molar-refractivity contribution in [2.75, 3.05) is 7.11 Å². The van der Waals surface area contributed by atoms with Crippen molar-refractivity contribution in [1.29, 1.82) is 0 Å².